The number of nitrogen functional groups attached to an aromatic ring is 1. The zero-order valence-electron chi connectivity index (χ0n) is 10.0. The predicted octanol–water partition coefficient (Wildman–Crippen LogP) is 0.569. The summed E-state index contributed by atoms with van der Waals surface area (Å²) in [5.74, 6) is 0. The van der Waals surface area contributed by atoms with Gasteiger partial charge in [0.1, 0.15) is 0 Å². The smallest absolute Gasteiger partial charge is 0.282 e. The molecule has 0 bridgehead atoms. The Kier molecular flexibility index (Phi) is 3.11. The van der Waals surface area contributed by atoms with Gasteiger partial charge >= 0.3 is 0 Å². The van der Waals surface area contributed by atoms with Gasteiger partial charge in [0.05, 0.1) is 0 Å². The first kappa shape index (κ1) is 12.3. The van der Waals surface area contributed by atoms with Crippen LogP contribution in [0.3, 0.4) is 0 Å². The molecule has 0 aliphatic carbocycles. The Bertz CT molecular complexity index is 528. The lowest BCUT2D eigenvalue weighted by atomic mass is 10.1. The third-order valence-corrected chi connectivity index (χ3v) is 5.15. The molecule has 5 nitrogen and oxygen atoms in total. The normalized spacial score (nSPS) is 20.8. The summed E-state index contributed by atoms with van der Waals surface area (Å²) < 4.78 is 26.7. The average molecular weight is 255 g/mol. The van der Waals surface area contributed by atoms with Gasteiger partial charge in [-0.3, -0.25) is 0 Å². The monoisotopic (exact) mass is 255 g/mol. The van der Waals surface area contributed by atoms with Crippen LogP contribution in [-0.4, -0.2) is 37.2 Å². The maximum absolute atomic E-state index is 11.9. The molecule has 1 aromatic rings. The van der Waals surface area contributed by atoms with Crippen LogP contribution < -0.4 is 5.73 Å². The molecule has 2 N–H and O–H groups in total. The van der Waals surface area contributed by atoms with Gasteiger partial charge in [0, 0.05) is 32.4 Å². The number of hydrogen-bond donors (Lipinski definition) is 1. The molecule has 0 spiro atoms. The molecule has 1 aliphatic heterocycles. The Morgan fingerprint density at radius 1 is 1.35 bits per heavy atom. The molecule has 0 aromatic heterocycles. The van der Waals surface area contributed by atoms with Crippen molar-refractivity contribution in [2.75, 3.05) is 25.9 Å². The van der Waals surface area contributed by atoms with Crippen LogP contribution in [0.15, 0.2) is 18.2 Å². The number of nitrogens with two attached hydrogens (primary N) is 1. The van der Waals surface area contributed by atoms with E-state index in [4.69, 9.17) is 5.73 Å². The van der Waals surface area contributed by atoms with Crippen molar-refractivity contribution in [3.63, 3.8) is 0 Å². The summed E-state index contributed by atoms with van der Waals surface area (Å²) in [6.07, 6.45) is 0. The van der Waals surface area contributed by atoms with E-state index >= 15 is 0 Å². The molecule has 1 aliphatic rings. The largest absolute Gasteiger partial charge is 0.399 e. The van der Waals surface area contributed by atoms with Crippen LogP contribution in [0.4, 0.5) is 5.69 Å². The van der Waals surface area contributed by atoms with E-state index in [0.717, 1.165) is 11.1 Å². The molecule has 0 unspecified atom stereocenters. The van der Waals surface area contributed by atoms with Gasteiger partial charge in [0.2, 0.25) is 0 Å². The van der Waals surface area contributed by atoms with Gasteiger partial charge in [-0.05, 0) is 24.1 Å². The minimum atomic E-state index is -3.27. The summed E-state index contributed by atoms with van der Waals surface area (Å²) in [6.45, 7) is 3.39. The Balaban J connectivity index is 2.26. The van der Waals surface area contributed by atoms with Crippen LogP contribution in [0.25, 0.3) is 0 Å². The molecule has 0 radical (unpaired) electrons. The van der Waals surface area contributed by atoms with Crippen molar-refractivity contribution in [3.8, 4) is 0 Å². The lowest BCUT2D eigenvalue weighted by Gasteiger charge is -2.17. The van der Waals surface area contributed by atoms with Gasteiger partial charge in [0.25, 0.3) is 10.2 Å². The summed E-state index contributed by atoms with van der Waals surface area (Å²) in [6, 6.07) is 5.59. The fraction of sp³-hybridized carbons (Fsp3) is 0.455. The topological polar surface area (TPSA) is 66.6 Å². The first-order chi connectivity index (χ1) is 7.93. The minimum absolute atomic E-state index is 0.392. The summed E-state index contributed by atoms with van der Waals surface area (Å²) in [5, 5.41) is 0. The fourth-order valence-corrected chi connectivity index (χ4v) is 3.23. The van der Waals surface area contributed by atoms with Crippen LogP contribution in [0.5, 0.6) is 0 Å². The molecule has 0 saturated carbocycles. The van der Waals surface area contributed by atoms with Crippen molar-refractivity contribution >= 4 is 15.9 Å². The number of benzene rings is 1. The molecular weight excluding hydrogens is 238 g/mol. The summed E-state index contributed by atoms with van der Waals surface area (Å²) in [5.41, 5.74) is 8.43. The van der Waals surface area contributed by atoms with Crippen LogP contribution in [0.1, 0.15) is 11.1 Å². The second-order valence-corrected chi connectivity index (χ2v) is 6.33. The van der Waals surface area contributed by atoms with E-state index in [1.165, 1.54) is 8.61 Å². The van der Waals surface area contributed by atoms with Crippen LogP contribution in [-0.2, 0) is 16.8 Å². The second-order valence-electron chi connectivity index (χ2n) is 4.29. The SMILES string of the molecule is Cc1c(N)cccc1CN1CCN(C)S1(=O)=O. The zero-order chi connectivity index (χ0) is 12.6. The van der Waals surface area contributed by atoms with E-state index in [0.29, 0.717) is 25.3 Å². The molecule has 17 heavy (non-hydrogen) atoms. The standard InChI is InChI=1S/C11H17N3O2S/c1-9-10(4-3-5-11(9)12)8-14-7-6-13(2)17(14,15)16/h3-5H,6-8,12H2,1-2H3. The highest BCUT2D eigenvalue weighted by atomic mass is 32.2. The summed E-state index contributed by atoms with van der Waals surface area (Å²) >= 11 is 0. The zero-order valence-corrected chi connectivity index (χ0v) is 10.9. The van der Waals surface area contributed by atoms with Crippen molar-refractivity contribution in [2.24, 2.45) is 0 Å². The maximum Gasteiger partial charge on any atom is 0.282 e. The minimum Gasteiger partial charge on any atom is -0.399 e. The quantitative estimate of drug-likeness (QED) is 0.786. The van der Waals surface area contributed by atoms with E-state index < -0.39 is 10.2 Å². The lowest BCUT2D eigenvalue weighted by Crippen LogP contribution is -2.30. The number of rotatable bonds is 2. The highest BCUT2D eigenvalue weighted by Crippen LogP contribution is 2.22. The molecule has 2 rings (SSSR count). The van der Waals surface area contributed by atoms with E-state index in [1.54, 1.807) is 7.05 Å². The van der Waals surface area contributed by atoms with Crippen molar-refractivity contribution in [3.05, 3.63) is 29.3 Å². The molecule has 1 fully saturated rings. The van der Waals surface area contributed by atoms with Gasteiger partial charge in [-0.25, -0.2) is 0 Å². The molecular formula is C11H17N3O2S. The summed E-state index contributed by atoms with van der Waals surface area (Å²) in [7, 11) is -1.67. The highest BCUT2D eigenvalue weighted by Gasteiger charge is 2.33. The van der Waals surface area contributed by atoms with Crippen molar-refractivity contribution in [2.45, 2.75) is 13.5 Å². The Labute approximate surface area is 102 Å². The van der Waals surface area contributed by atoms with E-state index in [-0.39, 0.29) is 0 Å². The third-order valence-electron chi connectivity index (χ3n) is 3.22. The lowest BCUT2D eigenvalue weighted by molar-refractivity contribution is 0.444. The van der Waals surface area contributed by atoms with Crippen LogP contribution in [0.2, 0.25) is 0 Å². The molecule has 94 valence electrons. The number of anilines is 1. The Hall–Kier alpha value is -1.11. The Morgan fingerprint density at radius 3 is 2.65 bits per heavy atom. The number of likely N-dealkylation sites (N-methyl/N-ethyl adjacent to an activating group) is 1. The van der Waals surface area contributed by atoms with E-state index in [2.05, 4.69) is 0 Å². The van der Waals surface area contributed by atoms with E-state index in [9.17, 15) is 8.42 Å². The predicted molar refractivity (Wildman–Crippen MR) is 67.6 cm³/mol. The number of hydrogen-bond acceptors (Lipinski definition) is 3. The fourth-order valence-electron chi connectivity index (χ4n) is 1.91. The van der Waals surface area contributed by atoms with Crippen molar-refractivity contribution < 1.29 is 8.42 Å². The van der Waals surface area contributed by atoms with Gasteiger partial charge in [-0.1, -0.05) is 12.1 Å². The third kappa shape index (κ3) is 2.15. The van der Waals surface area contributed by atoms with Gasteiger partial charge in [0.15, 0.2) is 0 Å². The van der Waals surface area contributed by atoms with Crippen LogP contribution in [0, 0.1) is 6.92 Å². The molecule has 0 atom stereocenters. The maximum atomic E-state index is 11.9. The highest BCUT2D eigenvalue weighted by molar-refractivity contribution is 7.86. The van der Waals surface area contributed by atoms with Crippen molar-refractivity contribution in [1.82, 2.24) is 8.61 Å². The average Bonchev–Trinajstić information content (AvgIpc) is 2.51. The van der Waals surface area contributed by atoms with Gasteiger partial charge < -0.3 is 5.73 Å². The van der Waals surface area contributed by atoms with Gasteiger partial charge in [-0.2, -0.15) is 17.0 Å². The molecule has 0 amide bonds. The van der Waals surface area contributed by atoms with Crippen molar-refractivity contribution in [1.29, 1.82) is 0 Å². The first-order valence-electron chi connectivity index (χ1n) is 5.48. The molecule has 1 aromatic carbocycles. The van der Waals surface area contributed by atoms with Gasteiger partial charge in [-0.15, -0.1) is 0 Å². The molecule has 1 heterocycles. The molecule has 6 heteroatoms. The molecule has 1 saturated heterocycles. The first-order valence-corrected chi connectivity index (χ1v) is 6.88. The summed E-state index contributed by atoms with van der Waals surface area (Å²) in [4.78, 5) is 0. The number of nitrogens with zero attached hydrogens (tertiary/aromatic N) is 2. The van der Waals surface area contributed by atoms with Crippen LogP contribution >= 0.6 is 0 Å². The second kappa shape index (κ2) is 4.29. The Morgan fingerprint density at radius 2 is 2.06 bits per heavy atom. The van der Waals surface area contributed by atoms with E-state index in [1.807, 2.05) is 25.1 Å².